The van der Waals surface area contributed by atoms with Crippen LogP contribution in [0.15, 0.2) is 18.2 Å². The molecule has 0 bridgehead atoms. The fourth-order valence-corrected chi connectivity index (χ4v) is 3.31. The molecule has 0 saturated heterocycles. The maximum atomic E-state index is 13.4. The first-order chi connectivity index (χ1) is 9.01. The van der Waals surface area contributed by atoms with Gasteiger partial charge in [-0.05, 0) is 57.5 Å². The number of aryl methyl sites for hydroxylation is 3. The molecule has 102 valence electrons. The van der Waals surface area contributed by atoms with Crippen molar-refractivity contribution in [2.45, 2.75) is 33.2 Å². The molecule has 2 nitrogen and oxygen atoms in total. The van der Waals surface area contributed by atoms with E-state index >= 15 is 0 Å². The lowest BCUT2D eigenvalue weighted by Crippen LogP contribution is -2.19. The van der Waals surface area contributed by atoms with Crippen LogP contribution in [0.3, 0.4) is 0 Å². The summed E-state index contributed by atoms with van der Waals surface area (Å²) in [5, 5.41) is 4.39. The molecule has 4 heteroatoms. The maximum Gasteiger partial charge on any atom is 0.123 e. The molecule has 1 heterocycles. The van der Waals surface area contributed by atoms with Gasteiger partial charge in [-0.3, -0.25) is 0 Å². The fourth-order valence-electron chi connectivity index (χ4n) is 2.28. The number of aromatic nitrogens is 1. The minimum Gasteiger partial charge on any atom is -0.312 e. The van der Waals surface area contributed by atoms with Crippen molar-refractivity contribution in [3.05, 3.63) is 50.7 Å². The minimum atomic E-state index is -0.173. The lowest BCUT2D eigenvalue weighted by atomic mass is 9.99. The Morgan fingerprint density at radius 3 is 2.63 bits per heavy atom. The molecular weight excluding hydrogens is 259 g/mol. The van der Waals surface area contributed by atoms with E-state index < -0.39 is 0 Å². The number of hydrogen-bond acceptors (Lipinski definition) is 3. The van der Waals surface area contributed by atoms with Crippen molar-refractivity contribution < 1.29 is 4.39 Å². The third-order valence-corrected chi connectivity index (χ3v) is 4.53. The molecule has 0 aliphatic heterocycles. The summed E-state index contributed by atoms with van der Waals surface area (Å²) >= 11 is 1.71. The SMILES string of the molecule is CNC(Cc1cc(F)ccc1C)c1sc(C)nc1C. The molecule has 1 unspecified atom stereocenters. The molecule has 1 atom stereocenters. The maximum absolute atomic E-state index is 13.4. The second-order valence-electron chi connectivity index (χ2n) is 4.80. The Morgan fingerprint density at radius 2 is 2.05 bits per heavy atom. The van der Waals surface area contributed by atoms with Gasteiger partial charge in [0.1, 0.15) is 5.82 Å². The van der Waals surface area contributed by atoms with Crippen molar-refractivity contribution in [1.29, 1.82) is 0 Å². The van der Waals surface area contributed by atoms with Gasteiger partial charge in [0.05, 0.1) is 10.7 Å². The summed E-state index contributed by atoms with van der Waals surface area (Å²) in [5.74, 6) is -0.173. The molecule has 1 aromatic heterocycles. The quantitative estimate of drug-likeness (QED) is 0.922. The lowest BCUT2D eigenvalue weighted by molar-refractivity contribution is 0.587. The van der Waals surface area contributed by atoms with E-state index in [1.165, 1.54) is 10.9 Å². The van der Waals surface area contributed by atoms with Crippen molar-refractivity contribution in [1.82, 2.24) is 10.3 Å². The van der Waals surface area contributed by atoms with Crippen LogP contribution in [0.4, 0.5) is 4.39 Å². The van der Waals surface area contributed by atoms with Crippen LogP contribution in [0.1, 0.15) is 32.7 Å². The summed E-state index contributed by atoms with van der Waals surface area (Å²) in [6.07, 6.45) is 0.780. The van der Waals surface area contributed by atoms with Crippen LogP contribution in [0.2, 0.25) is 0 Å². The highest BCUT2D eigenvalue weighted by Crippen LogP contribution is 2.28. The van der Waals surface area contributed by atoms with Crippen LogP contribution in [0.25, 0.3) is 0 Å². The third kappa shape index (κ3) is 3.19. The van der Waals surface area contributed by atoms with E-state index in [9.17, 15) is 4.39 Å². The Bertz CT molecular complexity index is 578. The molecule has 0 amide bonds. The minimum absolute atomic E-state index is 0.173. The average molecular weight is 278 g/mol. The monoisotopic (exact) mass is 278 g/mol. The zero-order valence-corrected chi connectivity index (χ0v) is 12.6. The van der Waals surface area contributed by atoms with Gasteiger partial charge in [0.2, 0.25) is 0 Å². The Balaban J connectivity index is 2.29. The molecule has 0 spiro atoms. The Labute approximate surface area is 117 Å². The molecule has 0 radical (unpaired) electrons. The van der Waals surface area contributed by atoms with Crippen LogP contribution < -0.4 is 5.32 Å². The van der Waals surface area contributed by atoms with Crippen LogP contribution in [-0.2, 0) is 6.42 Å². The number of likely N-dealkylation sites (N-methyl/N-ethyl adjacent to an activating group) is 1. The van der Waals surface area contributed by atoms with Crippen LogP contribution in [0.5, 0.6) is 0 Å². The third-order valence-electron chi connectivity index (χ3n) is 3.34. The number of nitrogens with one attached hydrogen (secondary N) is 1. The van der Waals surface area contributed by atoms with Gasteiger partial charge < -0.3 is 5.32 Å². The zero-order chi connectivity index (χ0) is 14.0. The molecule has 2 aromatic rings. The van der Waals surface area contributed by atoms with Crippen molar-refractivity contribution in [3.63, 3.8) is 0 Å². The van der Waals surface area contributed by atoms with Gasteiger partial charge in [-0.2, -0.15) is 0 Å². The summed E-state index contributed by atoms with van der Waals surface area (Å²) in [7, 11) is 1.94. The van der Waals surface area contributed by atoms with E-state index in [1.54, 1.807) is 17.4 Å². The normalized spacial score (nSPS) is 12.7. The highest BCUT2D eigenvalue weighted by atomic mass is 32.1. The molecule has 0 fully saturated rings. The summed E-state index contributed by atoms with van der Waals surface area (Å²) in [6, 6.07) is 5.16. The summed E-state index contributed by atoms with van der Waals surface area (Å²) in [4.78, 5) is 5.71. The van der Waals surface area contributed by atoms with Crippen molar-refractivity contribution in [2.75, 3.05) is 7.05 Å². The highest BCUT2D eigenvalue weighted by molar-refractivity contribution is 7.11. The number of nitrogens with zero attached hydrogens (tertiary/aromatic N) is 1. The van der Waals surface area contributed by atoms with Gasteiger partial charge in [0, 0.05) is 10.9 Å². The standard InChI is InChI=1S/C15H19FN2S/c1-9-5-6-13(16)7-12(9)8-14(17-4)15-10(2)18-11(3)19-15/h5-7,14,17H,8H2,1-4H3. The second kappa shape index (κ2) is 5.80. The molecule has 1 aromatic carbocycles. The predicted octanol–water partition coefficient (Wildman–Crippen LogP) is 3.71. The fraction of sp³-hybridized carbons (Fsp3) is 0.400. The van der Waals surface area contributed by atoms with Crippen LogP contribution >= 0.6 is 11.3 Å². The molecule has 0 aliphatic rings. The van der Waals surface area contributed by atoms with Gasteiger partial charge in [-0.1, -0.05) is 6.07 Å². The molecule has 19 heavy (non-hydrogen) atoms. The first-order valence-corrected chi connectivity index (χ1v) is 7.19. The second-order valence-corrected chi connectivity index (χ2v) is 6.03. The molecule has 1 N–H and O–H groups in total. The van der Waals surface area contributed by atoms with E-state index in [1.807, 2.05) is 33.9 Å². The number of hydrogen-bond donors (Lipinski definition) is 1. The molecular formula is C15H19FN2S. The van der Waals surface area contributed by atoms with Crippen molar-refractivity contribution >= 4 is 11.3 Å². The Morgan fingerprint density at radius 1 is 1.32 bits per heavy atom. The molecule has 0 saturated carbocycles. The summed E-state index contributed by atoms with van der Waals surface area (Å²) in [6.45, 7) is 6.06. The zero-order valence-electron chi connectivity index (χ0n) is 11.7. The van der Waals surface area contributed by atoms with E-state index in [-0.39, 0.29) is 11.9 Å². The van der Waals surface area contributed by atoms with Gasteiger partial charge in [-0.25, -0.2) is 9.37 Å². The first-order valence-electron chi connectivity index (χ1n) is 6.37. The summed E-state index contributed by atoms with van der Waals surface area (Å²) < 4.78 is 13.4. The van der Waals surface area contributed by atoms with E-state index in [0.29, 0.717) is 0 Å². The van der Waals surface area contributed by atoms with Crippen molar-refractivity contribution in [3.8, 4) is 0 Å². The predicted molar refractivity (Wildman–Crippen MR) is 78.2 cm³/mol. The van der Waals surface area contributed by atoms with Crippen LogP contribution in [-0.4, -0.2) is 12.0 Å². The largest absolute Gasteiger partial charge is 0.312 e. The average Bonchev–Trinajstić information content (AvgIpc) is 2.69. The summed E-state index contributed by atoms with van der Waals surface area (Å²) in [5.41, 5.74) is 3.24. The van der Waals surface area contributed by atoms with Crippen LogP contribution in [0, 0.1) is 26.6 Å². The van der Waals surface area contributed by atoms with Crippen molar-refractivity contribution in [2.24, 2.45) is 0 Å². The molecule has 0 aliphatic carbocycles. The smallest absolute Gasteiger partial charge is 0.123 e. The lowest BCUT2D eigenvalue weighted by Gasteiger charge is -2.17. The van der Waals surface area contributed by atoms with Gasteiger partial charge in [0.15, 0.2) is 0 Å². The van der Waals surface area contributed by atoms with E-state index in [4.69, 9.17) is 0 Å². The van der Waals surface area contributed by atoms with Gasteiger partial charge in [0.25, 0.3) is 0 Å². The first kappa shape index (κ1) is 14.2. The number of halogens is 1. The van der Waals surface area contributed by atoms with Gasteiger partial charge >= 0.3 is 0 Å². The number of thiazole rings is 1. The topological polar surface area (TPSA) is 24.9 Å². The molecule has 2 rings (SSSR count). The number of benzene rings is 1. The highest BCUT2D eigenvalue weighted by Gasteiger charge is 2.17. The van der Waals surface area contributed by atoms with Gasteiger partial charge in [-0.15, -0.1) is 11.3 Å². The Kier molecular flexibility index (Phi) is 4.32. The Hall–Kier alpha value is -1.26. The van der Waals surface area contributed by atoms with E-state index in [0.717, 1.165) is 28.2 Å². The van der Waals surface area contributed by atoms with E-state index in [2.05, 4.69) is 10.3 Å². The number of rotatable bonds is 4.